The van der Waals surface area contributed by atoms with Crippen molar-refractivity contribution in [1.82, 2.24) is 9.78 Å². The van der Waals surface area contributed by atoms with Crippen LogP contribution in [-0.4, -0.2) is 28.7 Å². The van der Waals surface area contributed by atoms with Gasteiger partial charge in [-0.25, -0.2) is 4.68 Å². The highest BCUT2D eigenvalue weighted by molar-refractivity contribution is 9.10. The molecule has 1 atom stereocenters. The summed E-state index contributed by atoms with van der Waals surface area (Å²) in [6, 6.07) is 21.9. The Bertz CT molecular complexity index is 1540. The second kappa shape index (κ2) is 10.5. The van der Waals surface area contributed by atoms with Gasteiger partial charge in [0.2, 0.25) is 0 Å². The molecule has 0 aliphatic carbocycles. The van der Waals surface area contributed by atoms with Crippen LogP contribution in [0.25, 0.3) is 0 Å². The molecule has 0 radical (unpaired) electrons. The van der Waals surface area contributed by atoms with Gasteiger partial charge in [0, 0.05) is 21.5 Å². The lowest BCUT2D eigenvalue weighted by molar-refractivity contribution is -0.113. The largest absolute Gasteiger partial charge is 0.497 e. The van der Waals surface area contributed by atoms with Gasteiger partial charge in [0.15, 0.2) is 0 Å². The van der Waals surface area contributed by atoms with Gasteiger partial charge in [-0.3, -0.25) is 9.59 Å². The van der Waals surface area contributed by atoms with Crippen molar-refractivity contribution in [3.63, 3.8) is 0 Å². The van der Waals surface area contributed by atoms with E-state index in [1.165, 1.54) is 6.20 Å². The molecule has 5 rings (SSSR count). The molecule has 3 N–H and O–H groups in total. The monoisotopic (exact) mass is 571 g/mol. The maximum absolute atomic E-state index is 13.6. The first kappa shape index (κ1) is 25.3. The molecule has 0 fully saturated rings. The van der Waals surface area contributed by atoms with Crippen molar-refractivity contribution >= 4 is 44.9 Å². The van der Waals surface area contributed by atoms with Gasteiger partial charge in [0.25, 0.3) is 11.8 Å². The third kappa shape index (κ3) is 5.05. The van der Waals surface area contributed by atoms with E-state index in [1.54, 1.807) is 36.1 Å². The lowest BCUT2D eigenvalue weighted by atomic mass is 9.94. The summed E-state index contributed by atoms with van der Waals surface area (Å²) in [6.07, 6.45) is 1.52. The minimum Gasteiger partial charge on any atom is -0.497 e. The first-order valence-corrected chi connectivity index (χ1v) is 12.8. The quantitative estimate of drug-likeness (QED) is 0.258. The Hall–Kier alpha value is -4.37. The molecule has 0 saturated heterocycles. The second-order valence-electron chi connectivity index (χ2n) is 8.98. The standard InChI is InChI=1S/C29H26BrN5O3/c1-17-5-4-6-22(15-17)34-28(36)24-16-31-35-26(19-7-9-20(30)10-8-19)25(18(2)32-27(24)35)29(37)33-21-11-13-23(38-3)14-12-21/h4-16,26,32H,1-3H3,(H,33,37)(H,34,36). The van der Waals surface area contributed by atoms with Crippen molar-refractivity contribution in [1.29, 1.82) is 0 Å². The number of nitrogens with zero attached hydrogens (tertiary/aromatic N) is 2. The number of halogens is 1. The number of carbonyl (C=O) groups excluding carboxylic acids is 2. The third-order valence-electron chi connectivity index (χ3n) is 6.32. The molecule has 0 spiro atoms. The second-order valence-corrected chi connectivity index (χ2v) is 9.89. The molecule has 3 aromatic carbocycles. The molecule has 1 aliphatic rings. The Morgan fingerprint density at radius 1 is 0.947 bits per heavy atom. The first-order chi connectivity index (χ1) is 18.3. The number of aryl methyl sites for hydroxylation is 1. The van der Waals surface area contributed by atoms with Gasteiger partial charge in [-0.1, -0.05) is 40.2 Å². The zero-order valence-electron chi connectivity index (χ0n) is 21.1. The van der Waals surface area contributed by atoms with Crippen molar-refractivity contribution < 1.29 is 14.3 Å². The summed E-state index contributed by atoms with van der Waals surface area (Å²) in [6.45, 7) is 3.79. The van der Waals surface area contributed by atoms with Gasteiger partial charge in [-0.2, -0.15) is 5.10 Å². The first-order valence-electron chi connectivity index (χ1n) is 12.0. The van der Waals surface area contributed by atoms with Crippen LogP contribution in [0.2, 0.25) is 0 Å². The number of hydrogen-bond acceptors (Lipinski definition) is 5. The van der Waals surface area contributed by atoms with Crippen LogP contribution in [-0.2, 0) is 4.79 Å². The number of fused-ring (bicyclic) bond motifs is 1. The van der Waals surface area contributed by atoms with Gasteiger partial charge in [0.1, 0.15) is 23.2 Å². The molecule has 0 bridgehead atoms. The van der Waals surface area contributed by atoms with Crippen LogP contribution in [0.1, 0.15) is 34.5 Å². The van der Waals surface area contributed by atoms with Crippen molar-refractivity contribution in [2.24, 2.45) is 0 Å². The summed E-state index contributed by atoms with van der Waals surface area (Å²) < 4.78 is 7.82. The minimum atomic E-state index is -0.557. The predicted molar refractivity (Wildman–Crippen MR) is 152 cm³/mol. The molecule has 1 aliphatic heterocycles. The molecular formula is C29H26BrN5O3. The Kier molecular flexibility index (Phi) is 7.02. The molecule has 192 valence electrons. The summed E-state index contributed by atoms with van der Waals surface area (Å²) in [7, 11) is 1.59. The molecule has 2 heterocycles. The number of rotatable bonds is 6. The highest BCUT2D eigenvalue weighted by atomic mass is 79.9. The maximum Gasteiger partial charge on any atom is 0.261 e. The van der Waals surface area contributed by atoms with Crippen molar-refractivity contribution in [2.75, 3.05) is 23.1 Å². The van der Waals surface area contributed by atoms with Gasteiger partial charge >= 0.3 is 0 Å². The van der Waals surface area contributed by atoms with Crippen LogP contribution < -0.4 is 20.7 Å². The zero-order chi connectivity index (χ0) is 26.8. The van der Waals surface area contributed by atoms with E-state index in [1.807, 2.05) is 62.4 Å². The molecule has 0 saturated carbocycles. The molecule has 1 unspecified atom stereocenters. The number of hydrogen-bond donors (Lipinski definition) is 3. The predicted octanol–water partition coefficient (Wildman–Crippen LogP) is 6.14. The van der Waals surface area contributed by atoms with Crippen molar-refractivity contribution in [3.8, 4) is 5.75 Å². The maximum atomic E-state index is 13.6. The number of benzene rings is 3. The van der Waals surface area contributed by atoms with Crippen molar-refractivity contribution in [3.05, 3.63) is 111 Å². The Labute approximate surface area is 228 Å². The normalized spacial score (nSPS) is 14.4. The van der Waals surface area contributed by atoms with Crippen LogP contribution in [0, 0.1) is 6.92 Å². The topological polar surface area (TPSA) is 97.3 Å². The Balaban J connectivity index is 1.52. The highest BCUT2D eigenvalue weighted by Crippen LogP contribution is 2.38. The minimum absolute atomic E-state index is 0.278. The van der Waals surface area contributed by atoms with Gasteiger partial charge in [0.05, 0.1) is 18.9 Å². The van der Waals surface area contributed by atoms with Crippen LogP contribution in [0.3, 0.4) is 0 Å². The summed E-state index contributed by atoms with van der Waals surface area (Å²) >= 11 is 3.48. The molecule has 1 aromatic heterocycles. The number of ether oxygens (including phenoxy) is 1. The molecule has 38 heavy (non-hydrogen) atoms. The number of methoxy groups -OCH3 is 1. The van der Waals surface area contributed by atoms with Gasteiger partial charge in [-0.15, -0.1) is 0 Å². The fraction of sp³-hybridized carbons (Fsp3) is 0.138. The van der Waals surface area contributed by atoms with E-state index in [-0.39, 0.29) is 11.8 Å². The van der Waals surface area contributed by atoms with Gasteiger partial charge in [-0.05, 0) is 73.5 Å². The van der Waals surface area contributed by atoms with E-state index < -0.39 is 6.04 Å². The Morgan fingerprint density at radius 2 is 1.66 bits per heavy atom. The van der Waals surface area contributed by atoms with Gasteiger partial charge < -0.3 is 20.7 Å². The van der Waals surface area contributed by atoms with E-state index in [4.69, 9.17) is 4.74 Å². The number of carbonyl (C=O) groups is 2. The average Bonchev–Trinajstić information content (AvgIpc) is 3.32. The summed E-state index contributed by atoms with van der Waals surface area (Å²) in [5, 5.41) is 13.8. The Morgan fingerprint density at radius 3 is 2.34 bits per heavy atom. The summed E-state index contributed by atoms with van der Waals surface area (Å²) in [5.41, 5.74) is 4.72. The SMILES string of the molecule is COc1ccc(NC(=O)C2=C(C)Nc3c(C(=O)Nc4cccc(C)c4)cnn3C2c2ccc(Br)cc2)cc1. The zero-order valence-corrected chi connectivity index (χ0v) is 22.7. The lowest BCUT2D eigenvalue weighted by Crippen LogP contribution is -2.32. The number of amides is 2. The van der Waals surface area contributed by atoms with Crippen LogP contribution in [0.15, 0.2) is 94.7 Å². The van der Waals surface area contributed by atoms with E-state index >= 15 is 0 Å². The average molecular weight is 572 g/mol. The molecule has 8 nitrogen and oxygen atoms in total. The molecule has 4 aromatic rings. The third-order valence-corrected chi connectivity index (χ3v) is 6.85. The lowest BCUT2D eigenvalue weighted by Gasteiger charge is -2.30. The molecular weight excluding hydrogens is 546 g/mol. The van der Waals surface area contributed by atoms with E-state index in [9.17, 15) is 9.59 Å². The number of aromatic nitrogens is 2. The van der Waals surface area contributed by atoms with Crippen LogP contribution >= 0.6 is 15.9 Å². The fourth-order valence-electron chi connectivity index (χ4n) is 4.46. The van der Waals surface area contributed by atoms with E-state index in [0.29, 0.717) is 39.8 Å². The summed E-state index contributed by atoms with van der Waals surface area (Å²) in [5.74, 6) is 0.641. The smallest absolute Gasteiger partial charge is 0.261 e. The number of nitrogens with one attached hydrogen (secondary N) is 3. The van der Waals surface area contributed by atoms with Crippen molar-refractivity contribution in [2.45, 2.75) is 19.9 Å². The fourth-order valence-corrected chi connectivity index (χ4v) is 4.73. The van der Waals surface area contributed by atoms with Crippen LogP contribution in [0.4, 0.5) is 17.2 Å². The number of allylic oxidation sites excluding steroid dienone is 1. The summed E-state index contributed by atoms with van der Waals surface area (Å²) in [4.78, 5) is 26.9. The van der Waals surface area contributed by atoms with E-state index in [0.717, 1.165) is 15.6 Å². The highest BCUT2D eigenvalue weighted by Gasteiger charge is 2.35. The van der Waals surface area contributed by atoms with Crippen LogP contribution in [0.5, 0.6) is 5.75 Å². The molecule has 9 heteroatoms. The van der Waals surface area contributed by atoms with E-state index in [2.05, 4.69) is 37.0 Å². The molecule has 2 amide bonds. The number of anilines is 3.